The molecule has 0 aromatic carbocycles. The Bertz CT molecular complexity index is 370. The van der Waals surface area contributed by atoms with E-state index in [2.05, 4.69) is 17.6 Å². The molecule has 0 bridgehead atoms. The Balaban J connectivity index is 3.25. The molecule has 0 spiro atoms. The first-order valence-electron chi connectivity index (χ1n) is 2.97. The molecule has 5 heteroatoms. The van der Waals surface area contributed by atoms with Gasteiger partial charge in [0, 0.05) is 11.1 Å². The number of pyridine rings is 1. The molecule has 4 nitrogen and oxygen atoms in total. The summed E-state index contributed by atoms with van der Waals surface area (Å²) >= 11 is 3.92. The van der Waals surface area contributed by atoms with Gasteiger partial charge in [-0.05, 0) is 6.07 Å². The third-order valence-corrected chi connectivity index (χ3v) is 1.58. The lowest BCUT2D eigenvalue weighted by atomic mass is 10.2. The van der Waals surface area contributed by atoms with E-state index in [1.54, 1.807) is 0 Å². The van der Waals surface area contributed by atoms with Crippen molar-refractivity contribution in [2.75, 3.05) is 0 Å². The number of rotatable bonds is 1. The number of nitriles is 1. The second-order valence-electron chi connectivity index (χ2n) is 2.00. The van der Waals surface area contributed by atoms with Crippen LogP contribution in [0.25, 0.3) is 0 Å². The zero-order valence-corrected chi connectivity index (χ0v) is 6.75. The van der Waals surface area contributed by atoms with E-state index in [4.69, 9.17) is 10.4 Å². The number of hydrogen-bond donors (Lipinski definition) is 2. The van der Waals surface area contributed by atoms with E-state index in [1.165, 1.54) is 12.3 Å². The van der Waals surface area contributed by atoms with E-state index < -0.39 is 5.97 Å². The maximum absolute atomic E-state index is 10.4. The third-order valence-electron chi connectivity index (χ3n) is 1.22. The van der Waals surface area contributed by atoms with Crippen LogP contribution in [-0.4, -0.2) is 16.1 Å². The molecule has 1 aromatic heterocycles. The van der Waals surface area contributed by atoms with Crippen molar-refractivity contribution in [2.45, 2.75) is 4.90 Å². The number of carboxylic acid groups (broad SMARTS) is 1. The molecule has 60 valence electrons. The van der Waals surface area contributed by atoms with E-state index in [0.29, 0.717) is 4.90 Å². The molecule has 0 unspecified atom stereocenters. The Labute approximate surface area is 73.9 Å². The Morgan fingerprint density at radius 2 is 2.42 bits per heavy atom. The van der Waals surface area contributed by atoms with Gasteiger partial charge in [0.1, 0.15) is 11.8 Å². The lowest BCUT2D eigenvalue weighted by Gasteiger charge is -1.96. The normalized spacial score (nSPS) is 9.00. The van der Waals surface area contributed by atoms with Gasteiger partial charge in [-0.3, -0.25) is 0 Å². The van der Waals surface area contributed by atoms with Crippen LogP contribution in [0.4, 0.5) is 0 Å². The second-order valence-corrected chi connectivity index (χ2v) is 2.49. The molecule has 0 aliphatic carbocycles. The van der Waals surface area contributed by atoms with Gasteiger partial charge in [-0.1, -0.05) is 0 Å². The number of aromatic nitrogens is 1. The smallest absolute Gasteiger partial charge is 0.354 e. The summed E-state index contributed by atoms with van der Waals surface area (Å²) in [4.78, 5) is 14.3. The molecule has 12 heavy (non-hydrogen) atoms. The van der Waals surface area contributed by atoms with Crippen molar-refractivity contribution in [3.8, 4) is 6.07 Å². The topological polar surface area (TPSA) is 74.0 Å². The molecular weight excluding hydrogens is 176 g/mol. The summed E-state index contributed by atoms with van der Waals surface area (Å²) in [7, 11) is 0. The van der Waals surface area contributed by atoms with Crippen molar-refractivity contribution >= 4 is 18.6 Å². The average molecular weight is 180 g/mol. The Hall–Kier alpha value is -1.54. The second kappa shape index (κ2) is 3.24. The predicted octanol–water partition coefficient (Wildman–Crippen LogP) is 0.940. The molecule has 0 aliphatic rings. The monoisotopic (exact) mass is 180 g/mol. The molecule has 0 amide bonds. The first-order chi connectivity index (χ1) is 5.65. The zero-order chi connectivity index (χ0) is 9.14. The van der Waals surface area contributed by atoms with Gasteiger partial charge < -0.3 is 5.11 Å². The first-order valence-corrected chi connectivity index (χ1v) is 3.42. The summed E-state index contributed by atoms with van der Waals surface area (Å²) in [6.45, 7) is 0. The van der Waals surface area contributed by atoms with Gasteiger partial charge >= 0.3 is 5.97 Å². The van der Waals surface area contributed by atoms with Crippen LogP contribution in [0.2, 0.25) is 0 Å². The van der Waals surface area contributed by atoms with Gasteiger partial charge in [-0.25, -0.2) is 9.78 Å². The summed E-state index contributed by atoms with van der Waals surface area (Å²) in [5.74, 6) is -1.15. The molecule has 1 N–H and O–H groups in total. The number of nitrogens with zero attached hydrogens (tertiary/aromatic N) is 2. The fourth-order valence-corrected chi connectivity index (χ4v) is 0.827. The number of aromatic carboxylic acids is 1. The van der Waals surface area contributed by atoms with E-state index in [1.807, 2.05) is 6.07 Å². The Morgan fingerprint density at radius 3 is 2.92 bits per heavy atom. The number of thiol groups is 1. The summed E-state index contributed by atoms with van der Waals surface area (Å²) in [6.07, 6.45) is 1.24. The third kappa shape index (κ3) is 1.54. The van der Waals surface area contributed by atoms with Gasteiger partial charge in [0.05, 0.1) is 5.56 Å². The lowest BCUT2D eigenvalue weighted by molar-refractivity contribution is 0.0690. The van der Waals surface area contributed by atoms with Crippen LogP contribution in [0.1, 0.15) is 16.1 Å². The highest BCUT2D eigenvalue weighted by atomic mass is 32.1. The highest BCUT2D eigenvalue weighted by Crippen LogP contribution is 2.11. The van der Waals surface area contributed by atoms with Crippen LogP contribution in [0.3, 0.4) is 0 Å². The van der Waals surface area contributed by atoms with E-state index in [-0.39, 0.29) is 11.3 Å². The summed E-state index contributed by atoms with van der Waals surface area (Å²) in [6, 6.07) is 3.00. The van der Waals surface area contributed by atoms with Crippen molar-refractivity contribution in [1.29, 1.82) is 5.26 Å². The minimum absolute atomic E-state index is 0.149. The van der Waals surface area contributed by atoms with Gasteiger partial charge in [0.25, 0.3) is 0 Å². The van der Waals surface area contributed by atoms with Crippen LogP contribution in [0.5, 0.6) is 0 Å². The van der Waals surface area contributed by atoms with Gasteiger partial charge in [0.15, 0.2) is 0 Å². The molecule has 0 saturated heterocycles. The van der Waals surface area contributed by atoms with Crippen molar-refractivity contribution in [3.05, 3.63) is 23.5 Å². The van der Waals surface area contributed by atoms with Crippen LogP contribution >= 0.6 is 12.6 Å². The van der Waals surface area contributed by atoms with E-state index in [0.717, 1.165) is 0 Å². The molecular formula is C7H4N2O2S. The Morgan fingerprint density at radius 1 is 1.75 bits per heavy atom. The van der Waals surface area contributed by atoms with Crippen LogP contribution in [-0.2, 0) is 0 Å². The highest BCUT2D eigenvalue weighted by Gasteiger charge is 2.06. The quantitative estimate of drug-likeness (QED) is 0.631. The lowest BCUT2D eigenvalue weighted by Crippen LogP contribution is -2.00. The van der Waals surface area contributed by atoms with Crippen molar-refractivity contribution in [3.63, 3.8) is 0 Å². The van der Waals surface area contributed by atoms with Gasteiger partial charge in [-0.2, -0.15) is 5.26 Å². The van der Waals surface area contributed by atoms with Crippen LogP contribution in [0, 0.1) is 11.3 Å². The number of carbonyl (C=O) groups is 1. The van der Waals surface area contributed by atoms with E-state index in [9.17, 15) is 4.79 Å². The fourth-order valence-electron chi connectivity index (χ4n) is 0.655. The minimum Gasteiger partial charge on any atom is -0.477 e. The maximum Gasteiger partial charge on any atom is 0.354 e. The molecule has 1 heterocycles. The highest BCUT2D eigenvalue weighted by molar-refractivity contribution is 7.80. The summed E-state index contributed by atoms with van der Waals surface area (Å²) in [5.41, 5.74) is 0.0649. The molecule has 0 fully saturated rings. The average Bonchev–Trinajstić information content (AvgIpc) is 2.05. The van der Waals surface area contributed by atoms with Crippen molar-refractivity contribution in [1.82, 2.24) is 4.98 Å². The zero-order valence-electron chi connectivity index (χ0n) is 5.85. The fraction of sp³-hybridized carbons (Fsp3) is 0. The minimum atomic E-state index is -1.15. The molecule has 0 atom stereocenters. The standard InChI is InChI=1S/C7H4N2O2S/c8-2-4-1-5(7(10)11)9-3-6(4)12/h1,3,12H,(H,10,11). The number of hydrogen-bond acceptors (Lipinski definition) is 4. The van der Waals surface area contributed by atoms with Crippen LogP contribution < -0.4 is 0 Å². The molecule has 0 aliphatic heterocycles. The largest absolute Gasteiger partial charge is 0.477 e. The Kier molecular flexibility index (Phi) is 2.31. The van der Waals surface area contributed by atoms with Crippen LogP contribution in [0.15, 0.2) is 17.2 Å². The SMILES string of the molecule is N#Cc1cc(C(=O)O)ncc1S. The molecule has 0 saturated carbocycles. The maximum atomic E-state index is 10.4. The van der Waals surface area contributed by atoms with Crippen molar-refractivity contribution in [2.24, 2.45) is 0 Å². The first kappa shape index (κ1) is 8.56. The van der Waals surface area contributed by atoms with E-state index >= 15 is 0 Å². The molecule has 0 radical (unpaired) electrons. The molecule has 1 aromatic rings. The van der Waals surface area contributed by atoms with Crippen molar-refractivity contribution < 1.29 is 9.90 Å². The summed E-state index contributed by atoms with van der Waals surface area (Å²) in [5, 5.41) is 17.0. The molecule has 1 rings (SSSR count). The predicted molar refractivity (Wildman–Crippen MR) is 43.2 cm³/mol. The van der Waals surface area contributed by atoms with Gasteiger partial charge in [0.2, 0.25) is 0 Å². The number of carboxylic acids is 1. The summed E-state index contributed by atoms with van der Waals surface area (Å²) < 4.78 is 0. The van der Waals surface area contributed by atoms with Gasteiger partial charge in [-0.15, -0.1) is 12.6 Å².